The topological polar surface area (TPSA) is 85.8 Å². The Bertz CT molecular complexity index is 905. The third-order valence-electron chi connectivity index (χ3n) is 3.36. The SMILES string of the molecule is O=C(NCc1cnco1)c1cn(Cc2ccc(F)c(C(F)(F)F)c2)nn1. The van der Waals surface area contributed by atoms with E-state index < -0.39 is 23.5 Å². The number of amides is 1. The van der Waals surface area contributed by atoms with E-state index in [4.69, 9.17) is 4.42 Å². The van der Waals surface area contributed by atoms with E-state index >= 15 is 0 Å². The van der Waals surface area contributed by atoms with Gasteiger partial charge in [0.15, 0.2) is 12.1 Å². The monoisotopic (exact) mass is 369 g/mol. The summed E-state index contributed by atoms with van der Waals surface area (Å²) in [7, 11) is 0. The minimum Gasteiger partial charge on any atom is -0.447 e. The molecule has 1 aromatic carbocycles. The number of nitrogens with zero attached hydrogens (tertiary/aromatic N) is 4. The van der Waals surface area contributed by atoms with Gasteiger partial charge in [-0.25, -0.2) is 14.1 Å². The molecule has 2 heterocycles. The first-order chi connectivity index (χ1) is 12.3. The van der Waals surface area contributed by atoms with Gasteiger partial charge in [-0.1, -0.05) is 11.3 Å². The fraction of sp³-hybridized carbons (Fsp3) is 0.200. The summed E-state index contributed by atoms with van der Waals surface area (Å²) in [4.78, 5) is 15.6. The zero-order chi connectivity index (χ0) is 18.7. The van der Waals surface area contributed by atoms with Gasteiger partial charge in [0.25, 0.3) is 5.91 Å². The number of aromatic nitrogens is 4. The van der Waals surface area contributed by atoms with Gasteiger partial charge in [0.05, 0.1) is 31.0 Å². The van der Waals surface area contributed by atoms with Crippen LogP contribution < -0.4 is 5.32 Å². The molecule has 26 heavy (non-hydrogen) atoms. The van der Waals surface area contributed by atoms with E-state index in [1.165, 1.54) is 29.5 Å². The first-order valence-corrected chi connectivity index (χ1v) is 7.24. The van der Waals surface area contributed by atoms with E-state index in [0.717, 1.165) is 6.07 Å². The van der Waals surface area contributed by atoms with E-state index in [1.54, 1.807) is 0 Å². The molecule has 7 nitrogen and oxygen atoms in total. The number of hydrogen-bond donors (Lipinski definition) is 1. The second-order valence-corrected chi connectivity index (χ2v) is 5.26. The van der Waals surface area contributed by atoms with Gasteiger partial charge in [-0.2, -0.15) is 13.2 Å². The lowest BCUT2D eigenvalue weighted by Crippen LogP contribution is -2.22. The van der Waals surface area contributed by atoms with Crippen LogP contribution in [0.25, 0.3) is 0 Å². The molecule has 2 aromatic heterocycles. The van der Waals surface area contributed by atoms with Gasteiger partial charge in [0.2, 0.25) is 0 Å². The summed E-state index contributed by atoms with van der Waals surface area (Å²) in [5, 5.41) is 9.87. The van der Waals surface area contributed by atoms with Crippen LogP contribution in [-0.4, -0.2) is 25.9 Å². The summed E-state index contributed by atoms with van der Waals surface area (Å²) in [6.45, 7) is -0.00958. The van der Waals surface area contributed by atoms with E-state index in [9.17, 15) is 22.4 Å². The highest BCUT2D eigenvalue weighted by atomic mass is 19.4. The number of carbonyl (C=O) groups excluding carboxylic acids is 1. The summed E-state index contributed by atoms with van der Waals surface area (Å²) >= 11 is 0. The van der Waals surface area contributed by atoms with Crippen molar-refractivity contribution in [3.05, 3.63) is 65.4 Å². The third-order valence-corrected chi connectivity index (χ3v) is 3.36. The maximum absolute atomic E-state index is 13.3. The number of rotatable bonds is 5. The van der Waals surface area contributed by atoms with Crippen molar-refractivity contribution in [2.45, 2.75) is 19.3 Å². The molecule has 0 aliphatic heterocycles. The molecular formula is C15H11F4N5O2. The number of carbonyl (C=O) groups is 1. The molecule has 0 fully saturated rings. The molecule has 0 saturated carbocycles. The second kappa shape index (κ2) is 6.94. The van der Waals surface area contributed by atoms with Crippen molar-refractivity contribution in [3.8, 4) is 0 Å². The first-order valence-electron chi connectivity index (χ1n) is 7.24. The second-order valence-electron chi connectivity index (χ2n) is 5.26. The molecular weight excluding hydrogens is 358 g/mol. The van der Waals surface area contributed by atoms with Gasteiger partial charge in [-0.3, -0.25) is 4.79 Å². The van der Waals surface area contributed by atoms with Crippen LogP contribution in [0.3, 0.4) is 0 Å². The average Bonchev–Trinajstić information content (AvgIpc) is 3.25. The lowest BCUT2D eigenvalue weighted by atomic mass is 10.1. The van der Waals surface area contributed by atoms with Crippen LogP contribution in [0.2, 0.25) is 0 Å². The van der Waals surface area contributed by atoms with E-state index in [1.807, 2.05) is 0 Å². The number of alkyl halides is 3. The zero-order valence-electron chi connectivity index (χ0n) is 13.0. The minimum atomic E-state index is -4.80. The average molecular weight is 369 g/mol. The van der Waals surface area contributed by atoms with Crippen LogP contribution in [0.5, 0.6) is 0 Å². The van der Waals surface area contributed by atoms with Crippen LogP contribution in [0.15, 0.2) is 41.4 Å². The Morgan fingerprint density at radius 3 is 2.81 bits per heavy atom. The number of benzene rings is 1. The lowest BCUT2D eigenvalue weighted by molar-refractivity contribution is -0.140. The highest BCUT2D eigenvalue weighted by Gasteiger charge is 2.34. The molecule has 0 atom stereocenters. The maximum atomic E-state index is 13.3. The fourth-order valence-electron chi connectivity index (χ4n) is 2.14. The first kappa shape index (κ1) is 17.6. The Hall–Kier alpha value is -3.24. The van der Waals surface area contributed by atoms with Crippen molar-refractivity contribution < 1.29 is 26.8 Å². The fourth-order valence-corrected chi connectivity index (χ4v) is 2.14. The van der Waals surface area contributed by atoms with E-state index in [-0.39, 0.29) is 24.3 Å². The maximum Gasteiger partial charge on any atom is 0.419 e. The van der Waals surface area contributed by atoms with E-state index in [2.05, 4.69) is 20.6 Å². The molecule has 3 aromatic rings. The standard InChI is InChI=1S/C15H11F4N5O2/c16-12-2-1-9(3-11(12)15(17,18)19)6-24-7-13(22-23-24)14(25)21-5-10-4-20-8-26-10/h1-4,7-8H,5-6H2,(H,21,25). The van der Waals surface area contributed by atoms with Gasteiger partial charge in [0.1, 0.15) is 11.6 Å². The van der Waals surface area contributed by atoms with Gasteiger partial charge in [-0.15, -0.1) is 5.10 Å². The highest BCUT2D eigenvalue weighted by Crippen LogP contribution is 2.32. The molecule has 0 spiro atoms. The predicted octanol–water partition coefficient (Wildman–Crippen LogP) is 2.40. The number of halogens is 4. The van der Waals surface area contributed by atoms with Crippen LogP contribution in [0.4, 0.5) is 17.6 Å². The van der Waals surface area contributed by atoms with Crippen molar-refractivity contribution in [1.29, 1.82) is 0 Å². The molecule has 3 rings (SSSR count). The number of hydrogen-bond acceptors (Lipinski definition) is 5. The molecule has 0 radical (unpaired) electrons. The summed E-state index contributed by atoms with van der Waals surface area (Å²) < 4.78 is 57.7. The summed E-state index contributed by atoms with van der Waals surface area (Å²) in [5.74, 6) is -1.45. The normalized spacial score (nSPS) is 11.5. The quantitative estimate of drug-likeness (QED) is 0.698. The zero-order valence-corrected chi connectivity index (χ0v) is 13.0. The van der Waals surface area contributed by atoms with Crippen molar-refractivity contribution in [3.63, 3.8) is 0 Å². The predicted molar refractivity (Wildman–Crippen MR) is 78.2 cm³/mol. The van der Waals surface area contributed by atoms with E-state index in [0.29, 0.717) is 11.8 Å². The molecule has 0 aliphatic carbocycles. The van der Waals surface area contributed by atoms with Crippen molar-refractivity contribution >= 4 is 5.91 Å². The third kappa shape index (κ3) is 4.05. The van der Waals surface area contributed by atoms with Gasteiger partial charge in [0, 0.05) is 0 Å². The summed E-state index contributed by atoms with van der Waals surface area (Å²) in [6.07, 6.45) is -0.875. The molecule has 1 amide bonds. The smallest absolute Gasteiger partial charge is 0.419 e. The largest absolute Gasteiger partial charge is 0.447 e. The summed E-state index contributed by atoms with van der Waals surface area (Å²) in [6, 6.07) is 2.64. The van der Waals surface area contributed by atoms with Gasteiger partial charge < -0.3 is 9.73 Å². The van der Waals surface area contributed by atoms with Crippen LogP contribution in [0.1, 0.15) is 27.4 Å². The van der Waals surface area contributed by atoms with Gasteiger partial charge in [-0.05, 0) is 17.7 Å². The number of oxazole rings is 1. The molecule has 0 unspecified atom stereocenters. The molecule has 0 aliphatic rings. The Balaban J connectivity index is 1.67. The van der Waals surface area contributed by atoms with Crippen LogP contribution in [-0.2, 0) is 19.3 Å². The molecule has 0 saturated heterocycles. The van der Waals surface area contributed by atoms with Crippen molar-refractivity contribution in [2.24, 2.45) is 0 Å². The van der Waals surface area contributed by atoms with Crippen LogP contribution in [0, 0.1) is 5.82 Å². The van der Waals surface area contributed by atoms with Gasteiger partial charge >= 0.3 is 6.18 Å². The van der Waals surface area contributed by atoms with Crippen LogP contribution >= 0.6 is 0 Å². The Kier molecular flexibility index (Phi) is 4.69. The van der Waals surface area contributed by atoms with Crippen molar-refractivity contribution in [2.75, 3.05) is 0 Å². The minimum absolute atomic E-state index is 0.0253. The lowest BCUT2D eigenvalue weighted by Gasteiger charge is -2.09. The van der Waals surface area contributed by atoms with Crippen molar-refractivity contribution in [1.82, 2.24) is 25.3 Å². The molecule has 0 bridgehead atoms. The Morgan fingerprint density at radius 1 is 1.31 bits per heavy atom. The molecule has 1 N–H and O–H groups in total. The number of nitrogens with one attached hydrogen (secondary N) is 1. The molecule has 11 heteroatoms. The Morgan fingerprint density at radius 2 is 2.12 bits per heavy atom. The molecule has 136 valence electrons. The highest BCUT2D eigenvalue weighted by molar-refractivity contribution is 5.91. The Labute approximate surface area is 143 Å². The summed E-state index contributed by atoms with van der Waals surface area (Å²) in [5.41, 5.74) is -1.22.